The summed E-state index contributed by atoms with van der Waals surface area (Å²) in [6, 6.07) is 3.91. The number of aliphatic imine (C=N–C) groups is 1. The molecule has 1 saturated heterocycles. The first-order chi connectivity index (χ1) is 18.0. The number of ketones is 2. The quantitative estimate of drug-likeness (QED) is 0.379. The van der Waals surface area contributed by atoms with Crippen LogP contribution in [0.3, 0.4) is 0 Å². The van der Waals surface area contributed by atoms with Gasteiger partial charge in [-0.25, -0.2) is 4.99 Å². The zero-order valence-electron chi connectivity index (χ0n) is 21.2. The molecule has 0 amide bonds. The van der Waals surface area contributed by atoms with E-state index in [9.17, 15) is 30.0 Å². The van der Waals surface area contributed by atoms with Gasteiger partial charge in [0.15, 0.2) is 18.0 Å². The Labute approximate surface area is 218 Å². The van der Waals surface area contributed by atoms with Crippen LogP contribution < -0.4 is 0 Å². The van der Waals surface area contributed by atoms with Gasteiger partial charge in [-0.2, -0.15) is 0 Å². The number of rotatable bonds is 3. The molecule has 10 nitrogen and oxygen atoms in total. The van der Waals surface area contributed by atoms with Crippen molar-refractivity contribution in [3.63, 3.8) is 0 Å². The molecule has 2 heterocycles. The Bertz CT molecular complexity index is 1420. The summed E-state index contributed by atoms with van der Waals surface area (Å²) in [4.78, 5) is 31.4. The third-order valence-corrected chi connectivity index (χ3v) is 8.22. The van der Waals surface area contributed by atoms with Gasteiger partial charge in [0.2, 0.25) is 5.78 Å². The van der Waals surface area contributed by atoms with Crippen LogP contribution >= 0.6 is 0 Å². The maximum absolute atomic E-state index is 13.5. The number of hydrogen-bond acceptors (Lipinski definition) is 10. The lowest BCUT2D eigenvalue weighted by molar-refractivity contribution is -0.242. The molecule has 1 fully saturated rings. The van der Waals surface area contributed by atoms with Gasteiger partial charge in [-0.15, -0.1) is 0 Å². The van der Waals surface area contributed by atoms with Gasteiger partial charge < -0.3 is 34.6 Å². The van der Waals surface area contributed by atoms with Crippen molar-refractivity contribution in [2.75, 3.05) is 0 Å². The van der Waals surface area contributed by atoms with E-state index >= 15 is 0 Å². The van der Waals surface area contributed by atoms with Gasteiger partial charge >= 0.3 is 0 Å². The number of phenols is 3. The standard InChI is InChI=1S/C28H29NO9/c1-4-28(35)9-14-20(17(10-28)38-18-8-15-27(11(2)36-18)37-12(3)29-15)26(34)22-21(24(14)32)23(31)13-6-5-7-16(30)19(13)25(22)33/h5-7,11,15,17-18,27,30,32,34-35H,4,8-10H2,1-3H3/t11-,15?,17-,18-,27?,28-/m0/s1. The second-order valence-corrected chi connectivity index (χ2v) is 10.6. The highest BCUT2D eigenvalue weighted by molar-refractivity contribution is 6.31. The summed E-state index contributed by atoms with van der Waals surface area (Å²) in [5, 5.41) is 44.5. The first-order valence-electron chi connectivity index (χ1n) is 12.8. The van der Waals surface area contributed by atoms with Gasteiger partial charge in [-0.05, 0) is 19.4 Å². The molecule has 4 aliphatic rings. The van der Waals surface area contributed by atoms with Crippen molar-refractivity contribution < 1.29 is 44.2 Å². The van der Waals surface area contributed by atoms with Crippen LogP contribution in [0.4, 0.5) is 0 Å². The molecule has 0 aromatic heterocycles. The molecule has 0 radical (unpaired) electrons. The van der Waals surface area contributed by atoms with Gasteiger partial charge in [-0.3, -0.25) is 9.59 Å². The van der Waals surface area contributed by atoms with E-state index in [0.29, 0.717) is 18.7 Å². The summed E-state index contributed by atoms with van der Waals surface area (Å²) >= 11 is 0. The monoisotopic (exact) mass is 523 g/mol. The Morgan fingerprint density at radius 3 is 2.58 bits per heavy atom. The van der Waals surface area contributed by atoms with Crippen LogP contribution in [0.1, 0.15) is 89.1 Å². The largest absolute Gasteiger partial charge is 0.507 e. The second kappa shape index (κ2) is 8.52. The number of aliphatic hydroxyl groups is 1. The van der Waals surface area contributed by atoms with Crippen molar-refractivity contribution >= 4 is 17.5 Å². The maximum atomic E-state index is 13.5. The van der Waals surface area contributed by atoms with Gasteiger partial charge in [0.05, 0.1) is 40.5 Å². The molecule has 2 aliphatic carbocycles. The number of hydrogen-bond donors (Lipinski definition) is 4. The Balaban J connectivity index is 1.46. The fourth-order valence-corrected chi connectivity index (χ4v) is 6.27. The maximum Gasteiger partial charge on any atom is 0.202 e. The lowest BCUT2D eigenvalue weighted by Crippen LogP contribution is -2.47. The summed E-state index contributed by atoms with van der Waals surface area (Å²) in [5.41, 5.74) is -2.07. The Morgan fingerprint density at radius 2 is 1.84 bits per heavy atom. The number of benzene rings is 2. The number of carbonyl (C=O) groups is 2. The number of nitrogens with zero attached hydrogens (tertiary/aromatic N) is 1. The Kier molecular flexibility index (Phi) is 5.57. The molecule has 2 aliphatic heterocycles. The molecule has 200 valence electrons. The van der Waals surface area contributed by atoms with E-state index in [1.807, 2.05) is 6.92 Å². The molecule has 2 unspecified atom stereocenters. The minimum Gasteiger partial charge on any atom is -0.507 e. The van der Waals surface area contributed by atoms with Crippen molar-refractivity contribution in [2.24, 2.45) is 4.99 Å². The normalized spacial score (nSPS) is 31.6. The number of ether oxygens (including phenoxy) is 3. The highest BCUT2D eigenvalue weighted by Crippen LogP contribution is 2.53. The molecule has 0 spiro atoms. The molecule has 2 aromatic rings. The highest BCUT2D eigenvalue weighted by Gasteiger charge is 2.48. The lowest BCUT2D eigenvalue weighted by atomic mass is 9.72. The van der Waals surface area contributed by atoms with E-state index in [-0.39, 0.29) is 58.9 Å². The first kappa shape index (κ1) is 24.8. The van der Waals surface area contributed by atoms with E-state index in [2.05, 4.69) is 4.99 Å². The number of phenolic OH excluding ortho intramolecular Hbond substituents is 3. The predicted octanol–water partition coefficient (Wildman–Crippen LogP) is 3.04. The molecule has 4 N–H and O–H groups in total. The second-order valence-electron chi connectivity index (χ2n) is 10.6. The van der Waals surface area contributed by atoms with Crippen LogP contribution in [-0.2, 0) is 20.6 Å². The van der Waals surface area contributed by atoms with Crippen molar-refractivity contribution in [3.8, 4) is 17.2 Å². The summed E-state index contributed by atoms with van der Waals surface area (Å²) in [6.07, 6.45) is -1.59. The fraction of sp³-hybridized carbons (Fsp3) is 0.464. The smallest absolute Gasteiger partial charge is 0.202 e. The van der Waals surface area contributed by atoms with Gasteiger partial charge in [-0.1, -0.05) is 19.1 Å². The number of fused-ring (bicyclic) bond motifs is 4. The van der Waals surface area contributed by atoms with Crippen LogP contribution in [0.2, 0.25) is 0 Å². The Morgan fingerprint density at radius 1 is 1.11 bits per heavy atom. The molecule has 38 heavy (non-hydrogen) atoms. The molecule has 6 atom stereocenters. The minimum absolute atomic E-state index is 0.0519. The van der Waals surface area contributed by atoms with E-state index in [0.717, 1.165) is 0 Å². The molecule has 2 aromatic carbocycles. The lowest BCUT2D eigenvalue weighted by Gasteiger charge is -2.42. The van der Waals surface area contributed by atoms with E-state index in [4.69, 9.17) is 14.2 Å². The topological polar surface area (TPSA) is 155 Å². The van der Waals surface area contributed by atoms with Crippen molar-refractivity contribution in [3.05, 3.63) is 51.6 Å². The van der Waals surface area contributed by atoms with Crippen molar-refractivity contribution in [2.45, 2.75) is 82.7 Å². The van der Waals surface area contributed by atoms with Crippen LogP contribution in [0.5, 0.6) is 17.2 Å². The SMILES string of the molecule is CC[C@]1(O)Cc2c(O)c3c(c(O)c2[C@@H](O[C@H]2CC4N=C(C)OC4[C@H](C)O2)C1)C(=O)c1c(O)cccc1C3=O. The molecule has 10 heteroatoms. The minimum atomic E-state index is -1.30. The molecular weight excluding hydrogens is 494 g/mol. The summed E-state index contributed by atoms with van der Waals surface area (Å²) in [5.74, 6) is -2.30. The molecule has 0 bridgehead atoms. The van der Waals surface area contributed by atoms with E-state index in [1.165, 1.54) is 18.2 Å². The zero-order valence-corrected chi connectivity index (χ0v) is 21.2. The van der Waals surface area contributed by atoms with Crippen molar-refractivity contribution in [1.82, 2.24) is 0 Å². The number of carbonyl (C=O) groups excluding carboxylic acids is 2. The summed E-state index contributed by atoms with van der Waals surface area (Å²) in [7, 11) is 0. The summed E-state index contributed by atoms with van der Waals surface area (Å²) in [6.45, 7) is 5.42. The van der Waals surface area contributed by atoms with E-state index in [1.54, 1.807) is 13.8 Å². The highest BCUT2D eigenvalue weighted by atomic mass is 16.7. The average molecular weight is 524 g/mol. The third kappa shape index (κ3) is 3.54. The van der Waals surface area contributed by atoms with Crippen LogP contribution in [0, 0.1) is 0 Å². The molecule has 6 rings (SSSR count). The number of aromatic hydroxyl groups is 3. The molecular formula is C28H29NO9. The van der Waals surface area contributed by atoms with Crippen LogP contribution in [0.25, 0.3) is 0 Å². The zero-order chi connectivity index (χ0) is 27.1. The van der Waals surface area contributed by atoms with Gasteiger partial charge in [0.25, 0.3) is 0 Å². The summed E-state index contributed by atoms with van der Waals surface area (Å²) < 4.78 is 18.1. The van der Waals surface area contributed by atoms with Crippen LogP contribution in [0.15, 0.2) is 23.2 Å². The van der Waals surface area contributed by atoms with Gasteiger partial charge in [0, 0.05) is 42.9 Å². The Hall–Kier alpha value is -3.47. The third-order valence-electron chi connectivity index (χ3n) is 8.22. The molecule has 0 saturated carbocycles. The van der Waals surface area contributed by atoms with Gasteiger partial charge in [0.1, 0.15) is 23.4 Å². The van der Waals surface area contributed by atoms with Crippen molar-refractivity contribution in [1.29, 1.82) is 0 Å². The predicted molar refractivity (Wildman–Crippen MR) is 133 cm³/mol. The average Bonchev–Trinajstić information content (AvgIpc) is 3.25. The first-order valence-corrected chi connectivity index (χ1v) is 12.8. The fourth-order valence-electron chi connectivity index (χ4n) is 6.27. The van der Waals surface area contributed by atoms with Crippen LogP contribution in [-0.4, -0.2) is 68.0 Å². The van der Waals surface area contributed by atoms with E-state index < -0.39 is 52.4 Å².